The number of para-hydroxylation sites is 2. The molecule has 0 saturated carbocycles. The van der Waals surface area contributed by atoms with Crippen molar-refractivity contribution in [3.05, 3.63) is 66.2 Å². The average Bonchev–Trinajstić information content (AvgIpc) is 3.43. The molecule has 0 aliphatic heterocycles. The molecule has 34 heavy (non-hydrogen) atoms. The van der Waals surface area contributed by atoms with Crippen LogP contribution in [0.1, 0.15) is 5.56 Å². The third kappa shape index (κ3) is 3.59. The number of benzene rings is 3. The van der Waals surface area contributed by atoms with Gasteiger partial charge in [0.25, 0.3) is 0 Å². The van der Waals surface area contributed by atoms with Gasteiger partial charge in [-0.15, -0.1) is 0 Å². The first kappa shape index (κ1) is 21.4. The van der Waals surface area contributed by atoms with Gasteiger partial charge in [-0.3, -0.25) is 4.40 Å². The minimum atomic E-state index is 0.622. The van der Waals surface area contributed by atoms with E-state index in [4.69, 9.17) is 28.9 Å². The summed E-state index contributed by atoms with van der Waals surface area (Å²) >= 11 is 0. The zero-order valence-electron chi connectivity index (χ0n) is 19.3. The van der Waals surface area contributed by atoms with E-state index in [1.54, 1.807) is 34.7 Å². The largest absolute Gasteiger partial charge is 0.493 e. The zero-order valence-corrected chi connectivity index (χ0v) is 19.3. The summed E-state index contributed by atoms with van der Waals surface area (Å²) < 4.78 is 23.7. The lowest BCUT2D eigenvalue weighted by Crippen LogP contribution is -1.92. The van der Waals surface area contributed by atoms with Gasteiger partial charge in [-0.2, -0.15) is 0 Å². The van der Waals surface area contributed by atoms with Gasteiger partial charge in [-0.25, -0.2) is 9.98 Å². The molecule has 0 bridgehead atoms. The molecule has 0 saturated heterocycles. The predicted molar refractivity (Wildman–Crippen MR) is 132 cm³/mol. The number of methoxy groups -OCH3 is 4. The molecule has 8 heteroatoms. The quantitative estimate of drug-likeness (QED) is 0.338. The van der Waals surface area contributed by atoms with E-state index in [0.717, 1.165) is 27.9 Å². The van der Waals surface area contributed by atoms with Gasteiger partial charge in [0.2, 0.25) is 5.78 Å². The van der Waals surface area contributed by atoms with Gasteiger partial charge in [0.1, 0.15) is 5.69 Å². The third-order valence-corrected chi connectivity index (χ3v) is 5.65. The summed E-state index contributed by atoms with van der Waals surface area (Å²) in [5.74, 6) is 3.96. The molecule has 5 rings (SSSR count). The normalized spacial score (nSPS) is 11.4. The van der Waals surface area contributed by atoms with Crippen molar-refractivity contribution in [3.8, 4) is 34.3 Å². The lowest BCUT2D eigenvalue weighted by molar-refractivity contribution is 0.355. The lowest BCUT2D eigenvalue weighted by atomic mass is 10.1. The molecule has 0 aliphatic carbocycles. The summed E-state index contributed by atoms with van der Waals surface area (Å²) in [5.41, 5.74) is 4.40. The first-order valence-electron chi connectivity index (χ1n) is 10.6. The molecule has 0 aliphatic rings. The van der Waals surface area contributed by atoms with Crippen LogP contribution in [0.4, 0.5) is 5.82 Å². The zero-order chi connectivity index (χ0) is 23.7. The minimum Gasteiger partial charge on any atom is -0.493 e. The second-order valence-electron chi connectivity index (χ2n) is 7.53. The van der Waals surface area contributed by atoms with Crippen molar-refractivity contribution >= 4 is 28.8 Å². The van der Waals surface area contributed by atoms with E-state index in [-0.39, 0.29) is 0 Å². The molecule has 0 atom stereocenters. The summed E-state index contributed by atoms with van der Waals surface area (Å²) in [6.07, 6.45) is 1.79. The Hall–Kier alpha value is -4.46. The van der Waals surface area contributed by atoms with Crippen molar-refractivity contribution in [1.82, 2.24) is 14.4 Å². The Morgan fingerprint density at radius 2 is 1.47 bits per heavy atom. The fourth-order valence-corrected chi connectivity index (χ4v) is 3.98. The maximum absolute atomic E-state index is 5.51. The number of ether oxygens (including phenoxy) is 4. The molecular weight excluding hydrogens is 432 g/mol. The Bertz CT molecular complexity index is 1520. The van der Waals surface area contributed by atoms with Crippen LogP contribution >= 0.6 is 0 Å². The number of fused-ring (bicyclic) bond motifs is 3. The number of hydrogen-bond acceptors (Lipinski definition) is 6. The van der Waals surface area contributed by atoms with Crippen molar-refractivity contribution in [3.63, 3.8) is 0 Å². The molecule has 5 aromatic rings. The maximum Gasteiger partial charge on any atom is 0.214 e. The van der Waals surface area contributed by atoms with E-state index >= 15 is 0 Å². The number of aromatic nitrogens is 3. The highest BCUT2D eigenvalue weighted by Crippen LogP contribution is 2.38. The standard InChI is InChI=1S/C26H24N4O4/c1-31-20-11-9-16(13-22(20)33-3)15-27-25-24(17-10-12-21(32-2)23(14-17)34-4)29-26-28-18-7-5-6-8-19(18)30(25)26/h5-15H,1-4H3,(H,28,29)/b27-15+. The van der Waals surface area contributed by atoms with E-state index in [1.165, 1.54) is 0 Å². The first-order valence-corrected chi connectivity index (χ1v) is 10.6. The molecule has 3 aromatic carbocycles. The van der Waals surface area contributed by atoms with Crippen LogP contribution in [0, 0.1) is 0 Å². The molecule has 0 spiro atoms. The van der Waals surface area contributed by atoms with Gasteiger partial charge in [0, 0.05) is 11.8 Å². The monoisotopic (exact) mass is 456 g/mol. The summed E-state index contributed by atoms with van der Waals surface area (Å²) in [7, 11) is 6.45. The van der Waals surface area contributed by atoms with Gasteiger partial charge >= 0.3 is 0 Å². The van der Waals surface area contributed by atoms with Gasteiger partial charge in [-0.1, -0.05) is 12.1 Å². The summed E-state index contributed by atoms with van der Waals surface area (Å²) in [6, 6.07) is 19.4. The topological polar surface area (TPSA) is 82.4 Å². The van der Waals surface area contributed by atoms with E-state index in [9.17, 15) is 0 Å². The highest BCUT2D eigenvalue weighted by molar-refractivity contribution is 5.90. The van der Waals surface area contributed by atoms with Crippen molar-refractivity contribution in [1.29, 1.82) is 0 Å². The van der Waals surface area contributed by atoms with Crippen molar-refractivity contribution in [2.75, 3.05) is 28.4 Å². The Labute approximate surface area is 196 Å². The van der Waals surface area contributed by atoms with Crippen molar-refractivity contribution in [2.45, 2.75) is 0 Å². The minimum absolute atomic E-state index is 0.622. The van der Waals surface area contributed by atoms with Gasteiger partial charge in [0.05, 0.1) is 39.5 Å². The smallest absolute Gasteiger partial charge is 0.214 e. The summed E-state index contributed by atoms with van der Waals surface area (Å²) in [6.45, 7) is 0. The number of rotatable bonds is 7. The maximum atomic E-state index is 5.51. The summed E-state index contributed by atoms with van der Waals surface area (Å²) in [4.78, 5) is 13.1. The highest BCUT2D eigenvalue weighted by atomic mass is 16.5. The number of nitrogens with zero attached hydrogens (tertiary/aromatic N) is 3. The third-order valence-electron chi connectivity index (χ3n) is 5.65. The SMILES string of the molecule is COc1ccc(/C=N/c2c(-c3ccc(OC)c(OC)c3)nc3[nH]c4ccccc4n23)cc1OC. The van der Waals surface area contributed by atoms with E-state index in [2.05, 4.69) is 4.98 Å². The number of H-pyrrole nitrogens is 1. The van der Waals surface area contributed by atoms with Crippen LogP contribution in [-0.2, 0) is 0 Å². The van der Waals surface area contributed by atoms with E-state index in [1.807, 2.05) is 65.1 Å². The number of nitrogens with one attached hydrogen (secondary N) is 1. The Kier molecular flexibility index (Phi) is 5.55. The number of hydrogen-bond donors (Lipinski definition) is 1. The van der Waals surface area contributed by atoms with Crippen LogP contribution in [0.2, 0.25) is 0 Å². The molecule has 172 valence electrons. The molecule has 1 N–H and O–H groups in total. The molecule has 0 fully saturated rings. The van der Waals surface area contributed by atoms with Crippen LogP contribution in [0.15, 0.2) is 65.7 Å². The Balaban J connectivity index is 1.69. The van der Waals surface area contributed by atoms with E-state index in [0.29, 0.717) is 34.6 Å². The van der Waals surface area contributed by atoms with Crippen LogP contribution in [0.25, 0.3) is 28.1 Å². The van der Waals surface area contributed by atoms with Crippen LogP contribution in [0.3, 0.4) is 0 Å². The Morgan fingerprint density at radius 1 is 0.794 bits per heavy atom. The molecule has 8 nitrogen and oxygen atoms in total. The molecule has 2 heterocycles. The van der Waals surface area contributed by atoms with Crippen LogP contribution < -0.4 is 18.9 Å². The molecule has 0 radical (unpaired) electrons. The second-order valence-corrected chi connectivity index (χ2v) is 7.53. The molecule has 2 aromatic heterocycles. The van der Waals surface area contributed by atoms with Gasteiger partial charge in [-0.05, 0) is 54.1 Å². The number of imidazole rings is 2. The molecule has 0 unspecified atom stereocenters. The molecule has 0 amide bonds. The van der Waals surface area contributed by atoms with Crippen molar-refractivity contribution in [2.24, 2.45) is 4.99 Å². The average molecular weight is 457 g/mol. The first-order chi connectivity index (χ1) is 16.7. The summed E-state index contributed by atoms with van der Waals surface area (Å²) in [5, 5.41) is 0. The number of aliphatic imine (C=N–C) groups is 1. The Morgan fingerprint density at radius 3 is 2.21 bits per heavy atom. The predicted octanol–water partition coefficient (Wildman–Crippen LogP) is 5.27. The van der Waals surface area contributed by atoms with Gasteiger partial charge in [0.15, 0.2) is 28.8 Å². The van der Waals surface area contributed by atoms with E-state index < -0.39 is 0 Å². The van der Waals surface area contributed by atoms with Gasteiger partial charge < -0.3 is 23.9 Å². The second kappa shape index (κ2) is 8.82. The van der Waals surface area contributed by atoms with Crippen LogP contribution in [0.5, 0.6) is 23.0 Å². The number of aromatic amines is 1. The lowest BCUT2D eigenvalue weighted by Gasteiger charge is -2.09. The van der Waals surface area contributed by atoms with Crippen molar-refractivity contribution < 1.29 is 18.9 Å². The fraction of sp³-hybridized carbons (Fsp3) is 0.154. The van der Waals surface area contributed by atoms with Crippen LogP contribution in [-0.4, -0.2) is 49.0 Å². The fourth-order valence-electron chi connectivity index (χ4n) is 3.98. The highest BCUT2D eigenvalue weighted by Gasteiger charge is 2.19. The molecular formula is C26H24N4O4.